The highest BCUT2D eigenvalue weighted by molar-refractivity contribution is 5.82. The molecule has 1 amide bonds. The SMILES string of the molecule is CC(C)CN(C)C(=O)C1CC1c1ccc(C(F)(F)F)cc1. The number of nitrogens with zero attached hydrogens (tertiary/aromatic N) is 1. The smallest absolute Gasteiger partial charge is 0.345 e. The van der Waals surface area contributed by atoms with Gasteiger partial charge in [-0.1, -0.05) is 26.0 Å². The molecule has 0 N–H and O–H groups in total. The van der Waals surface area contributed by atoms with Crippen molar-refractivity contribution in [2.45, 2.75) is 32.4 Å². The Morgan fingerprint density at radius 1 is 1.29 bits per heavy atom. The van der Waals surface area contributed by atoms with Gasteiger partial charge in [0.1, 0.15) is 0 Å². The highest BCUT2D eigenvalue weighted by atomic mass is 19.4. The molecule has 0 saturated heterocycles. The summed E-state index contributed by atoms with van der Waals surface area (Å²) >= 11 is 0. The van der Waals surface area contributed by atoms with Crippen molar-refractivity contribution in [2.75, 3.05) is 13.6 Å². The maximum absolute atomic E-state index is 12.5. The second kappa shape index (κ2) is 5.70. The van der Waals surface area contributed by atoms with Gasteiger partial charge in [-0.05, 0) is 36.0 Å². The Morgan fingerprint density at radius 3 is 2.33 bits per heavy atom. The van der Waals surface area contributed by atoms with Crippen LogP contribution in [0.4, 0.5) is 13.2 Å². The Bertz CT molecular complexity index is 507. The molecule has 2 nitrogen and oxygen atoms in total. The van der Waals surface area contributed by atoms with Gasteiger partial charge in [-0.15, -0.1) is 0 Å². The van der Waals surface area contributed by atoms with Gasteiger partial charge in [-0.2, -0.15) is 13.2 Å². The van der Waals surface area contributed by atoms with Crippen LogP contribution in [0.1, 0.15) is 37.3 Å². The maximum atomic E-state index is 12.5. The molecule has 1 aliphatic carbocycles. The minimum Gasteiger partial charge on any atom is -0.345 e. The van der Waals surface area contributed by atoms with Gasteiger partial charge in [0.05, 0.1) is 5.56 Å². The molecular weight excluding hydrogens is 279 g/mol. The van der Waals surface area contributed by atoms with E-state index in [4.69, 9.17) is 0 Å². The fourth-order valence-corrected chi connectivity index (χ4v) is 2.68. The molecule has 1 aliphatic rings. The van der Waals surface area contributed by atoms with Crippen LogP contribution in [0.25, 0.3) is 0 Å². The number of rotatable bonds is 4. The first-order valence-electron chi connectivity index (χ1n) is 7.12. The van der Waals surface area contributed by atoms with Gasteiger partial charge in [0.25, 0.3) is 0 Å². The van der Waals surface area contributed by atoms with E-state index in [1.807, 2.05) is 13.8 Å². The summed E-state index contributed by atoms with van der Waals surface area (Å²) in [6.07, 6.45) is -3.58. The summed E-state index contributed by atoms with van der Waals surface area (Å²) in [4.78, 5) is 13.9. The van der Waals surface area contributed by atoms with Crippen LogP contribution in [-0.2, 0) is 11.0 Å². The number of hydrogen-bond acceptors (Lipinski definition) is 1. The highest BCUT2D eigenvalue weighted by Crippen LogP contribution is 2.48. The second-order valence-electron chi connectivity index (χ2n) is 6.18. The minimum absolute atomic E-state index is 0.0643. The third kappa shape index (κ3) is 3.77. The number of halogens is 3. The molecule has 1 fully saturated rings. The molecule has 1 aromatic carbocycles. The lowest BCUT2D eigenvalue weighted by Crippen LogP contribution is -2.31. The second-order valence-corrected chi connectivity index (χ2v) is 6.18. The van der Waals surface area contributed by atoms with Crippen LogP contribution in [0.15, 0.2) is 24.3 Å². The Hall–Kier alpha value is -1.52. The van der Waals surface area contributed by atoms with Gasteiger partial charge < -0.3 is 4.90 Å². The van der Waals surface area contributed by atoms with Crippen molar-refractivity contribution in [1.82, 2.24) is 4.90 Å². The Labute approximate surface area is 122 Å². The highest BCUT2D eigenvalue weighted by Gasteiger charge is 2.45. The molecule has 0 heterocycles. The van der Waals surface area contributed by atoms with Gasteiger partial charge in [0, 0.05) is 19.5 Å². The monoisotopic (exact) mass is 299 g/mol. The lowest BCUT2D eigenvalue weighted by atomic mass is 10.1. The van der Waals surface area contributed by atoms with Gasteiger partial charge in [0.15, 0.2) is 0 Å². The molecule has 2 unspecified atom stereocenters. The summed E-state index contributed by atoms with van der Waals surface area (Å²) in [5, 5.41) is 0. The van der Waals surface area contributed by atoms with E-state index in [0.29, 0.717) is 12.5 Å². The average molecular weight is 299 g/mol. The molecule has 0 aromatic heterocycles. The largest absolute Gasteiger partial charge is 0.416 e. The zero-order chi connectivity index (χ0) is 15.8. The van der Waals surface area contributed by atoms with Crippen LogP contribution in [0.2, 0.25) is 0 Å². The van der Waals surface area contributed by atoms with Crippen LogP contribution < -0.4 is 0 Å². The Kier molecular flexibility index (Phi) is 4.30. The van der Waals surface area contributed by atoms with Crippen molar-refractivity contribution in [3.8, 4) is 0 Å². The van der Waals surface area contributed by atoms with Crippen LogP contribution in [0, 0.1) is 11.8 Å². The topological polar surface area (TPSA) is 20.3 Å². The third-order valence-electron chi connectivity index (χ3n) is 3.79. The molecule has 5 heteroatoms. The Morgan fingerprint density at radius 2 is 1.86 bits per heavy atom. The van der Waals surface area contributed by atoms with Crippen LogP contribution in [0.5, 0.6) is 0 Å². The molecule has 116 valence electrons. The summed E-state index contributed by atoms with van der Waals surface area (Å²) in [5.74, 6) is 0.482. The van der Waals surface area contributed by atoms with E-state index >= 15 is 0 Å². The predicted octanol–water partition coefficient (Wildman–Crippen LogP) is 3.92. The van der Waals surface area contributed by atoms with E-state index in [1.54, 1.807) is 11.9 Å². The molecule has 1 saturated carbocycles. The molecule has 0 radical (unpaired) electrons. The number of alkyl halides is 3. The molecule has 0 spiro atoms. The number of carbonyl (C=O) groups excluding carboxylic acids is 1. The maximum Gasteiger partial charge on any atom is 0.416 e. The van der Waals surface area contributed by atoms with E-state index in [1.165, 1.54) is 12.1 Å². The molecule has 0 bridgehead atoms. The fourth-order valence-electron chi connectivity index (χ4n) is 2.68. The van der Waals surface area contributed by atoms with Crippen molar-refractivity contribution in [2.24, 2.45) is 11.8 Å². The molecule has 1 aromatic rings. The molecule has 0 aliphatic heterocycles. The van der Waals surface area contributed by atoms with Crippen molar-refractivity contribution >= 4 is 5.91 Å². The van der Waals surface area contributed by atoms with E-state index in [2.05, 4.69) is 0 Å². The first-order valence-corrected chi connectivity index (χ1v) is 7.12. The van der Waals surface area contributed by atoms with Gasteiger partial charge >= 0.3 is 6.18 Å². The van der Waals surface area contributed by atoms with Crippen molar-refractivity contribution in [3.63, 3.8) is 0 Å². The lowest BCUT2D eigenvalue weighted by Gasteiger charge is -2.19. The summed E-state index contributed by atoms with van der Waals surface area (Å²) in [5.41, 5.74) is 0.172. The number of carbonyl (C=O) groups is 1. The minimum atomic E-state index is -4.31. The van der Waals surface area contributed by atoms with Crippen molar-refractivity contribution < 1.29 is 18.0 Å². The van der Waals surface area contributed by atoms with E-state index < -0.39 is 11.7 Å². The summed E-state index contributed by atoms with van der Waals surface area (Å²) in [7, 11) is 1.78. The van der Waals surface area contributed by atoms with Gasteiger partial charge in [-0.3, -0.25) is 4.79 Å². The lowest BCUT2D eigenvalue weighted by molar-refractivity contribution is -0.137. The molecule has 2 rings (SSSR count). The number of benzene rings is 1. The quantitative estimate of drug-likeness (QED) is 0.825. The number of amides is 1. The first-order chi connectivity index (χ1) is 9.70. The molecule has 21 heavy (non-hydrogen) atoms. The fraction of sp³-hybridized carbons (Fsp3) is 0.562. The van der Waals surface area contributed by atoms with Crippen molar-refractivity contribution in [1.29, 1.82) is 0 Å². The van der Waals surface area contributed by atoms with Crippen LogP contribution in [-0.4, -0.2) is 24.4 Å². The number of hydrogen-bond donors (Lipinski definition) is 0. The van der Waals surface area contributed by atoms with E-state index in [0.717, 1.165) is 24.1 Å². The molecule has 2 atom stereocenters. The predicted molar refractivity (Wildman–Crippen MR) is 74.8 cm³/mol. The summed E-state index contributed by atoms with van der Waals surface area (Å²) < 4.78 is 37.5. The third-order valence-corrected chi connectivity index (χ3v) is 3.79. The first kappa shape index (κ1) is 15.9. The summed E-state index contributed by atoms with van der Waals surface area (Å²) in [6, 6.07) is 5.16. The summed E-state index contributed by atoms with van der Waals surface area (Å²) in [6.45, 7) is 4.79. The van der Waals surface area contributed by atoms with E-state index in [9.17, 15) is 18.0 Å². The Balaban J connectivity index is 1.98. The molecular formula is C16H20F3NO. The standard InChI is InChI=1S/C16H20F3NO/c1-10(2)9-20(3)15(21)14-8-13(14)11-4-6-12(7-5-11)16(17,18)19/h4-7,10,13-14H,8-9H2,1-3H3. The zero-order valence-electron chi connectivity index (χ0n) is 12.4. The zero-order valence-corrected chi connectivity index (χ0v) is 12.4. The van der Waals surface area contributed by atoms with Crippen LogP contribution >= 0.6 is 0 Å². The van der Waals surface area contributed by atoms with Gasteiger partial charge in [0.2, 0.25) is 5.91 Å². The van der Waals surface area contributed by atoms with Gasteiger partial charge in [-0.25, -0.2) is 0 Å². The van der Waals surface area contributed by atoms with Crippen molar-refractivity contribution in [3.05, 3.63) is 35.4 Å². The van der Waals surface area contributed by atoms with Crippen LogP contribution in [0.3, 0.4) is 0 Å². The van der Waals surface area contributed by atoms with E-state index in [-0.39, 0.29) is 17.7 Å². The normalized spacial score (nSPS) is 21.5. The average Bonchev–Trinajstić information content (AvgIpc) is 3.16.